The lowest BCUT2D eigenvalue weighted by Gasteiger charge is -1.99. The number of fused-ring (bicyclic) bond motifs is 1. The molecule has 2 aromatic heterocycles. The molecule has 0 atom stereocenters. The van der Waals surface area contributed by atoms with Crippen LogP contribution in [0.5, 0.6) is 0 Å². The monoisotopic (exact) mass is 241 g/mol. The third-order valence-electron chi connectivity index (χ3n) is 3.62. The molecular formula is C14H15N3O. The Morgan fingerprint density at radius 2 is 2.00 bits per heavy atom. The second kappa shape index (κ2) is 3.63. The maximum absolute atomic E-state index is 5.58. The Labute approximate surface area is 105 Å². The molecule has 4 nitrogen and oxygen atoms in total. The Bertz CT molecular complexity index is 737. The van der Waals surface area contributed by atoms with Gasteiger partial charge in [0.25, 0.3) is 0 Å². The van der Waals surface area contributed by atoms with E-state index < -0.39 is 0 Å². The summed E-state index contributed by atoms with van der Waals surface area (Å²) in [6.07, 6.45) is 0. The van der Waals surface area contributed by atoms with Crippen molar-refractivity contribution >= 4 is 16.7 Å². The summed E-state index contributed by atoms with van der Waals surface area (Å²) in [5, 5.41) is 4.95. The molecule has 0 saturated carbocycles. The van der Waals surface area contributed by atoms with E-state index in [-0.39, 0.29) is 0 Å². The van der Waals surface area contributed by atoms with E-state index in [1.165, 1.54) is 22.2 Å². The van der Waals surface area contributed by atoms with Crippen molar-refractivity contribution in [3.05, 3.63) is 35.5 Å². The summed E-state index contributed by atoms with van der Waals surface area (Å²) < 4.78 is 7.39. The number of rotatable bonds is 1. The van der Waals surface area contributed by atoms with Gasteiger partial charge >= 0.3 is 0 Å². The van der Waals surface area contributed by atoms with Gasteiger partial charge in [-0.15, -0.1) is 0 Å². The number of anilines is 1. The van der Waals surface area contributed by atoms with Crippen LogP contribution in [0.4, 0.5) is 5.82 Å². The molecule has 0 aliphatic heterocycles. The van der Waals surface area contributed by atoms with Gasteiger partial charge in [-0.1, -0.05) is 5.16 Å². The highest BCUT2D eigenvalue weighted by Crippen LogP contribution is 2.29. The van der Waals surface area contributed by atoms with Crippen molar-refractivity contribution in [3.63, 3.8) is 0 Å². The van der Waals surface area contributed by atoms with Crippen LogP contribution in [0.2, 0.25) is 0 Å². The van der Waals surface area contributed by atoms with Gasteiger partial charge in [-0.25, -0.2) is 0 Å². The van der Waals surface area contributed by atoms with Crippen molar-refractivity contribution in [1.82, 2.24) is 9.72 Å². The smallest absolute Gasteiger partial charge is 0.169 e. The molecule has 0 aliphatic rings. The van der Waals surface area contributed by atoms with Crippen LogP contribution in [0.3, 0.4) is 0 Å². The number of hydrogen-bond donors (Lipinski definition) is 1. The number of nitrogen functional groups attached to an aromatic ring is 1. The van der Waals surface area contributed by atoms with Crippen LogP contribution in [-0.2, 0) is 7.05 Å². The minimum absolute atomic E-state index is 0.408. The zero-order chi connectivity index (χ0) is 12.9. The molecule has 18 heavy (non-hydrogen) atoms. The molecule has 0 aliphatic carbocycles. The van der Waals surface area contributed by atoms with Gasteiger partial charge in [-0.3, -0.25) is 0 Å². The normalized spacial score (nSPS) is 11.3. The molecule has 0 bridgehead atoms. The Kier molecular flexibility index (Phi) is 2.20. The number of hydrogen-bond acceptors (Lipinski definition) is 3. The largest absolute Gasteiger partial charge is 0.381 e. The first-order valence-electron chi connectivity index (χ1n) is 5.86. The third-order valence-corrected chi connectivity index (χ3v) is 3.62. The Balaban J connectivity index is 2.25. The van der Waals surface area contributed by atoms with Crippen LogP contribution in [-0.4, -0.2) is 9.72 Å². The Morgan fingerprint density at radius 1 is 1.22 bits per heavy atom. The standard InChI is InChI=1S/C14H15N3O/c1-8-9(2)17(3)12-5-4-10(6-11(8)12)13-7-14(15)16-18-13/h4-7H,1-3H3,(H2,15,16). The van der Waals surface area contributed by atoms with Crippen molar-refractivity contribution in [3.8, 4) is 11.3 Å². The van der Waals surface area contributed by atoms with Crippen molar-refractivity contribution in [2.75, 3.05) is 5.73 Å². The van der Waals surface area contributed by atoms with Gasteiger partial charge in [-0.05, 0) is 37.6 Å². The summed E-state index contributed by atoms with van der Waals surface area (Å²) in [6, 6.07) is 7.99. The summed E-state index contributed by atoms with van der Waals surface area (Å²) in [6.45, 7) is 4.26. The fourth-order valence-electron chi connectivity index (χ4n) is 2.33. The topological polar surface area (TPSA) is 57.0 Å². The number of nitrogens with two attached hydrogens (primary N) is 1. The molecular weight excluding hydrogens is 226 g/mol. The first-order chi connectivity index (χ1) is 8.58. The minimum Gasteiger partial charge on any atom is -0.381 e. The van der Waals surface area contributed by atoms with Crippen LogP contribution in [0, 0.1) is 13.8 Å². The average molecular weight is 241 g/mol. The molecule has 0 fully saturated rings. The molecule has 1 aromatic carbocycles. The Morgan fingerprint density at radius 3 is 2.67 bits per heavy atom. The number of aromatic nitrogens is 2. The van der Waals surface area contributed by atoms with Gasteiger partial charge < -0.3 is 14.8 Å². The highest BCUT2D eigenvalue weighted by molar-refractivity contribution is 5.89. The van der Waals surface area contributed by atoms with E-state index in [2.05, 4.69) is 42.8 Å². The SMILES string of the molecule is Cc1c(C)n(C)c2ccc(-c3cc(N)no3)cc12. The number of aryl methyl sites for hydroxylation is 2. The summed E-state index contributed by atoms with van der Waals surface area (Å²) in [5.41, 5.74) is 10.4. The van der Waals surface area contributed by atoms with Crippen LogP contribution in [0.1, 0.15) is 11.3 Å². The molecule has 0 spiro atoms. The van der Waals surface area contributed by atoms with Crippen molar-refractivity contribution in [2.24, 2.45) is 7.05 Å². The van der Waals surface area contributed by atoms with Crippen molar-refractivity contribution in [2.45, 2.75) is 13.8 Å². The molecule has 4 heteroatoms. The van der Waals surface area contributed by atoms with Crippen molar-refractivity contribution in [1.29, 1.82) is 0 Å². The van der Waals surface area contributed by atoms with E-state index in [0.717, 1.165) is 5.56 Å². The minimum atomic E-state index is 0.408. The summed E-state index contributed by atoms with van der Waals surface area (Å²) in [5.74, 6) is 1.11. The molecule has 0 unspecified atom stereocenters. The zero-order valence-corrected chi connectivity index (χ0v) is 10.7. The average Bonchev–Trinajstić information content (AvgIpc) is 2.89. The van der Waals surface area contributed by atoms with Gasteiger partial charge in [0.1, 0.15) is 0 Å². The molecule has 2 heterocycles. The fourth-order valence-corrected chi connectivity index (χ4v) is 2.33. The summed E-state index contributed by atoms with van der Waals surface area (Å²) >= 11 is 0. The lowest BCUT2D eigenvalue weighted by Crippen LogP contribution is -1.89. The van der Waals surface area contributed by atoms with E-state index in [1.807, 2.05) is 6.07 Å². The van der Waals surface area contributed by atoms with Crippen LogP contribution in [0.15, 0.2) is 28.8 Å². The van der Waals surface area contributed by atoms with Gasteiger partial charge in [-0.2, -0.15) is 0 Å². The van der Waals surface area contributed by atoms with Gasteiger partial charge in [0, 0.05) is 35.3 Å². The molecule has 3 rings (SSSR count). The molecule has 3 aromatic rings. The zero-order valence-electron chi connectivity index (χ0n) is 10.7. The van der Waals surface area contributed by atoms with Crippen LogP contribution in [0.25, 0.3) is 22.2 Å². The second-order valence-electron chi connectivity index (χ2n) is 4.62. The van der Waals surface area contributed by atoms with E-state index in [0.29, 0.717) is 11.6 Å². The maximum Gasteiger partial charge on any atom is 0.169 e. The second-order valence-corrected chi connectivity index (χ2v) is 4.62. The molecule has 0 saturated heterocycles. The summed E-state index contributed by atoms with van der Waals surface area (Å²) in [4.78, 5) is 0. The summed E-state index contributed by atoms with van der Waals surface area (Å²) in [7, 11) is 2.08. The lowest BCUT2D eigenvalue weighted by molar-refractivity contribution is 0.436. The fraction of sp³-hybridized carbons (Fsp3) is 0.214. The van der Waals surface area contributed by atoms with Gasteiger partial charge in [0.2, 0.25) is 0 Å². The van der Waals surface area contributed by atoms with E-state index in [4.69, 9.17) is 10.3 Å². The molecule has 92 valence electrons. The third kappa shape index (κ3) is 1.42. The first kappa shape index (κ1) is 10.9. The lowest BCUT2D eigenvalue weighted by atomic mass is 10.1. The highest BCUT2D eigenvalue weighted by atomic mass is 16.5. The predicted molar refractivity (Wildman–Crippen MR) is 72.3 cm³/mol. The number of nitrogens with zero attached hydrogens (tertiary/aromatic N) is 2. The maximum atomic E-state index is 5.58. The molecule has 2 N–H and O–H groups in total. The number of benzene rings is 1. The van der Waals surface area contributed by atoms with Crippen LogP contribution < -0.4 is 5.73 Å². The highest BCUT2D eigenvalue weighted by Gasteiger charge is 2.11. The van der Waals surface area contributed by atoms with E-state index in [9.17, 15) is 0 Å². The predicted octanol–water partition coefficient (Wildman–Crippen LogP) is 3.03. The quantitative estimate of drug-likeness (QED) is 0.712. The van der Waals surface area contributed by atoms with Gasteiger partial charge in [0.15, 0.2) is 11.6 Å². The van der Waals surface area contributed by atoms with E-state index >= 15 is 0 Å². The molecule has 0 radical (unpaired) electrons. The van der Waals surface area contributed by atoms with Gasteiger partial charge in [0.05, 0.1) is 0 Å². The first-order valence-corrected chi connectivity index (χ1v) is 5.86. The van der Waals surface area contributed by atoms with E-state index in [1.54, 1.807) is 6.07 Å². The van der Waals surface area contributed by atoms with Crippen molar-refractivity contribution < 1.29 is 4.52 Å². The molecule has 0 amide bonds. The van der Waals surface area contributed by atoms with Crippen LogP contribution >= 0.6 is 0 Å². The Hall–Kier alpha value is -2.23.